The maximum Gasteiger partial charge on any atom is 0.222 e. The SMILES string of the molecule is COC[C@]1(O)CCN(C(=O)CCc2csc(N)n2)CC1(C)C. The van der Waals surface area contributed by atoms with E-state index in [0.717, 1.165) is 5.69 Å². The summed E-state index contributed by atoms with van der Waals surface area (Å²) < 4.78 is 5.15. The number of rotatable bonds is 5. The molecule has 1 aliphatic heterocycles. The number of aromatic nitrogens is 1. The molecule has 0 spiro atoms. The zero-order valence-corrected chi connectivity index (χ0v) is 14.3. The lowest BCUT2D eigenvalue weighted by atomic mass is 9.70. The Morgan fingerprint density at radius 3 is 2.86 bits per heavy atom. The summed E-state index contributed by atoms with van der Waals surface area (Å²) >= 11 is 1.39. The number of hydrogen-bond donors (Lipinski definition) is 2. The molecule has 0 aromatic carbocycles. The van der Waals surface area contributed by atoms with Crippen LogP contribution in [0.2, 0.25) is 0 Å². The molecule has 1 fully saturated rings. The molecule has 3 N–H and O–H groups in total. The maximum atomic E-state index is 12.4. The number of anilines is 1. The topological polar surface area (TPSA) is 88.7 Å². The number of nitrogens with two attached hydrogens (primary N) is 1. The average Bonchev–Trinajstić information content (AvgIpc) is 2.85. The molecule has 1 aromatic rings. The molecule has 7 heteroatoms. The molecule has 6 nitrogen and oxygen atoms in total. The van der Waals surface area contributed by atoms with Crippen LogP contribution in [0.4, 0.5) is 5.13 Å². The van der Waals surface area contributed by atoms with Gasteiger partial charge in [0, 0.05) is 37.4 Å². The Morgan fingerprint density at radius 1 is 1.59 bits per heavy atom. The Balaban J connectivity index is 1.92. The van der Waals surface area contributed by atoms with E-state index in [2.05, 4.69) is 4.98 Å². The maximum absolute atomic E-state index is 12.4. The molecule has 0 radical (unpaired) electrons. The van der Waals surface area contributed by atoms with Crippen LogP contribution in [0.5, 0.6) is 0 Å². The van der Waals surface area contributed by atoms with Crippen LogP contribution in [0, 0.1) is 5.41 Å². The van der Waals surface area contributed by atoms with E-state index in [1.807, 2.05) is 24.1 Å². The van der Waals surface area contributed by atoms with Gasteiger partial charge < -0.3 is 20.5 Å². The van der Waals surface area contributed by atoms with Gasteiger partial charge in [0.05, 0.1) is 17.9 Å². The van der Waals surface area contributed by atoms with Crippen molar-refractivity contribution in [3.05, 3.63) is 11.1 Å². The van der Waals surface area contributed by atoms with Gasteiger partial charge in [-0.2, -0.15) is 0 Å². The van der Waals surface area contributed by atoms with E-state index in [-0.39, 0.29) is 5.91 Å². The first kappa shape index (κ1) is 17.2. The van der Waals surface area contributed by atoms with E-state index < -0.39 is 11.0 Å². The highest BCUT2D eigenvalue weighted by atomic mass is 32.1. The normalized spacial score (nSPS) is 24.5. The first-order chi connectivity index (χ1) is 10.3. The molecule has 2 heterocycles. The number of aryl methyl sites for hydroxylation is 1. The number of nitrogens with zero attached hydrogens (tertiary/aromatic N) is 2. The van der Waals surface area contributed by atoms with E-state index >= 15 is 0 Å². The summed E-state index contributed by atoms with van der Waals surface area (Å²) in [6, 6.07) is 0. The smallest absolute Gasteiger partial charge is 0.222 e. The van der Waals surface area contributed by atoms with Crippen LogP contribution in [0.25, 0.3) is 0 Å². The van der Waals surface area contributed by atoms with Crippen molar-refractivity contribution in [2.45, 2.75) is 38.7 Å². The number of likely N-dealkylation sites (tertiary alicyclic amines) is 1. The van der Waals surface area contributed by atoms with Gasteiger partial charge in [0.25, 0.3) is 0 Å². The van der Waals surface area contributed by atoms with Crippen LogP contribution in [0.3, 0.4) is 0 Å². The Hall–Kier alpha value is -1.18. The van der Waals surface area contributed by atoms with Gasteiger partial charge in [-0.15, -0.1) is 11.3 Å². The second-order valence-electron chi connectivity index (χ2n) is 6.59. The van der Waals surface area contributed by atoms with Crippen molar-refractivity contribution < 1.29 is 14.6 Å². The van der Waals surface area contributed by atoms with Gasteiger partial charge >= 0.3 is 0 Å². The molecule has 1 saturated heterocycles. The fourth-order valence-corrected chi connectivity index (χ4v) is 3.51. The fraction of sp³-hybridized carbons (Fsp3) is 0.733. The van der Waals surface area contributed by atoms with Gasteiger partial charge in [-0.1, -0.05) is 13.8 Å². The molecular weight excluding hydrogens is 302 g/mol. The molecule has 1 aromatic heterocycles. The van der Waals surface area contributed by atoms with E-state index in [0.29, 0.717) is 44.1 Å². The molecule has 1 amide bonds. The summed E-state index contributed by atoms with van der Waals surface area (Å²) in [6.45, 7) is 5.34. The monoisotopic (exact) mass is 327 g/mol. The number of carbonyl (C=O) groups excluding carboxylic acids is 1. The van der Waals surface area contributed by atoms with Gasteiger partial charge in [0.1, 0.15) is 0 Å². The van der Waals surface area contributed by atoms with Gasteiger partial charge in [0.15, 0.2) is 5.13 Å². The third-order valence-electron chi connectivity index (χ3n) is 4.54. The van der Waals surface area contributed by atoms with Crippen LogP contribution in [0.15, 0.2) is 5.38 Å². The van der Waals surface area contributed by atoms with Crippen LogP contribution in [-0.4, -0.2) is 53.3 Å². The molecular formula is C15H25N3O3S. The summed E-state index contributed by atoms with van der Waals surface area (Å²) in [5.41, 5.74) is 5.17. The third kappa shape index (κ3) is 3.59. The quantitative estimate of drug-likeness (QED) is 0.851. The second kappa shape index (κ2) is 6.52. The minimum Gasteiger partial charge on any atom is -0.387 e. The molecule has 22 heavy (non-hydrogen) atoms. The minimum absolute atomic E-state index is 0.0964. The van der Waals surface area contributed by atoms with E-state index in [9.17, 15) is 9.90 Å². The number of ether oxygens (including phenoxy) is 1. The zero-order valence-electron chi connectivity index (χ0n) is 13.5. The highest BCUT2D eigenvalue weighted by Crippen LogP contribution is 2.39. The first-order valence-corrected chi connectivity index (χ1v) is 8.34. The second-order valence-corrected chi connectivity index (χ2v) is 7.48. The fourth-order valence-electron chi connectivity index (χ4n) is 2.91. The summed E-state index contributed by atoms with van der Waals surface area (Å²) in [5.74, 6) is 0.0964. The minimum atomic E-state index is -0.887. The van der Waals surface area contributed by atoms with E-state index in [4.69, 9.17) is 10.5 Å². The van der Waals surface area contributed by atoms with Crippen molar-refractivity contribution in [1.29, 1.82) is 0 Å². The number of hydrogen-bond acceptors (Lipinski definition) is 6. The molecule has 2 rings (SSSR count). The summed E-state index contributed by atoms with van der Waals surface area (Å²) in [6.07, 6.45) is 1.55. The highest BCUT2D eigenvalue weighted by Gasteiger charge is 2.48. The molecule has 1 aliphatic rings. The van der Waals surface area contributed by atoms with Gasteiger partial charge in [-0.05, 0) is 12.8 Å². The molecule has 0 unspecified atom stereocenters. The lowest BCUT2D eigenvalue weighted by Crippen LogP contribution is -2.60. The predicted octanol–water partition coefficient (Wildman–Crippen LogP) is 1.29. The predicted molar refractivity (Wildman–Crippen MR) is 86.7 cm³/mol. The van der Waals surface area contributed by atoms with Gasteiger partial charge in [0.2, 0.25) is 5.91 Å². The van der Waals surface area contributed by atoms with Crippen LogP contribution in [0.1, 0.15) is 32.4 Å². The zero-order chi connectivity index (χ0) is 16.4. The van der Waals surface area contributed by atoms with Crippen molar-refractivity contribution in [2.24, 2.45) is 5.41 Å². The van der Waals surface area contributed by atoms with Crippen molar-refractivity contribution in [1.82, 2.24) is 9.88 Å². The molecule has 0 aliphatic carbocycles. The largest absolute Gasteiger partial charge is 0.387 e. The number of carbonyl (C=O) groups is 1. The Morgan fingerprint density at radius 2 is 2.32 bits per heavy atom. The number of amides is 1. The highest BCUT2D eigenvalue weighted by molar-refractivity contribution is 7.13. The van der Waals surface area contributed by atoms with Crippen molar-refractivity contribution in [3.63, 3.8) is 0 Å². The van der Waals surface area contributed by atoms with Crippen LogP contribution < -0.4 is 5.73 Å². The number of methoxy groups -OCH3 is 1. The Kier molecular flexibility index (Phi) is 5.09. The lowest BCUT2D eigenvalue weighted by Gasteiger charge is -2.50. The van der Waals surface area contributed by atoms with Crippen molar-refractivity contribution in [2.75, 3.05) is 32.5 Å². The van der Waals surface area contributed by atoms with E-state index in [1.165, 1.54) is 11.3 Å². The molecule has 124 valence electrons. The van der Waals surface area contributed by atoms with Crippen molar-refractivity contribution in [3.8, 4) is 0 Å². The lowest BCUT2D eigenvalue weighted by molar-refractivity contribution is -0.163. The summed E-state index contributed by atoms with van der Waals surface area (Å²) in [7, 11) is 1.59. The molecule has 1 atom stereocenters. The third-order valence-corrected chi connectivity index (χ3v) is 5.26. The number of piperidine rings is 1. The van der Waals surface area contributed by atoms with Gasteiger partial charge in [-0.25, -0.2) is 4.98 Å². The van der Waals surface area contributed by atoms with Crippen molar-refractivity contribution >= 4 is 22.4 Å². The van der Waals surface area contributed by atoms with Crippen LogP contribution in [-0.2, 0) is 16.0 Å². The van der Waals surface area contributed by atoms with Gasteiger partial charge in [-0.3, -0.25) is 4.79 Å². The van der Waals surface area contributed by atoms with E-state index in [1.54, 1.807) is 7.11 Å². The number of aliphatic hydroxyl groups is 1. The first-order valence-electron chi connectivity index (χ1n) is 7.46. The summed E-state index contributed by atoms with van der Waals surface area (Å²) in [5, 5.41) is 13.1. The number of nitrogen functional groups attached to an aromatic ring is 1. The summed E-state index contributed by atoms with van der Waals surface area (Å²) in [4.78, 5) is 18.4. The molecule has 0 saturated carbocycles. The molecule has 0 bridgehead atoms. The Bertz CT molecular complexity index is 532. The number of thiazole rings is 1. The average molecular weight is 327 g/mol. The van der Waals surface area contributed by atoms with Crippen LogP contribution >= 0.6 is 11.3 Å². The Labute approximate surface area is 135 Å². The standard InChI is InChI=1S/C15H25N3O3S/c1-14(2)9-18(7-6-15(14,20)10-21-3)12(19)5-4-11-8-22-13(16)17-11/h8,20H,4-7,9-10H2,1-3H3,(H2,16,17)/t15-/m1/s1.